The average molecular weight is 289 g/mol. The minimum absolute atomic E-state index is 0.322. The number of anilines is 1. The second-order valence-corrected chi connectivity index (χ2v) is 5.94. The average Bonchev–Trinajstić information content (AvgIpc) is 3.11. The Morgan fingerprint density at radius 3 is 2.75 bits per heavy atom. The van der Waals surface area contributed by atoms with Gasteiger partial charge in [-0.25, -0.2) is 0 Å². The Morgan fingerprint density at radius 2 is 2.15 bits per heavy atom. The number of H-pyrrole nitrogens is 1. The molecule has 2 aromatic rings. The van der Waals surface area contributed by atoms with Gasteiger partial charge in [0.1, 0.15) is 0 Å². The molecule has 2 heterocycles. The number of carbonyl (C=O) groups is 1. The molecule has 1 aliphatic heterocycles. The third kappa shape index (κ3) is 2.57. The van der Waals surface area contributed by atoms with Crippen LogP contribution in [0.4, 0.5) is 5.69 Å². The number of aromatic nitrogens is 2. The summed E-state index contributed by atoms with van der Waals surface area (Å²) >= 11 is 1.60. The number of nitrogens with zero attached hydrogens (tertiary/aromatic N) is 1. The van der Waals surface area contributed by atoms with Crippen molar-refractivity contribution in [2.24, 2.45) is 0 Å². The molecule has 1 aromatic heterocycles. The number of amides is 1. The van der Waals surface area contributed by atoms with Gasteiger partial charge in [0.25, 0.3) is 5.91 Å². The van der Waals surface area contributed by atoms with Crippen LogP contribution >= 0.6 is 11.8 Å². The molecule has 1 unspecified atom stereocenters. The monoisotopic (exact) mass is 289 g/mol. The third-order valence-electron chi connectivity index (χ3n) is 3.38. The molecule has 1 fully saturated rings. The predicted molar refractivity (Wildman–Crippen MR) is 79.5 cm³/mol. The van der Waals surface area contributed by atoms with Crippen molar-refractivity contribution in [1.82, 2.24) is 10.2 Å². The van der Waals surface area contributed by atoms with Crippen molar-refractivity contribution >= 4 is 23.4 Å². The van der Waals surface area contributed by atoms with E-state index in [2.05, 4.69) is 15.5 Å². The summed E-state index contributed by atoms with van der Waals surface area (Å²) in [5.41, 5.74) is 1.38. The van der Waals surface area contributed by atoms with Gasteiger partial charge < -0.3 is 10.4 Å². The molecule has 1 atom stereocenters. The summed E-state index contributed by atoms with van der Waals surface area (Å²) in [6.07, 6.45) is 2.20. The van der Waals surface area contributed by atoms with Crippen LogP contribution in [0.3, 0.4) is 0 Å². The summed E-state index contributed by atoms with van der Waals surface area (Å²) in [6.45, 7) is 0. The molecule has 104 valence electrons. The van der Waals surface area contributed by atoms with Gasteiger partial charge in [-0.05, 0) is 35.9 Å². The lowest BCUT2D eigenvalue weighted by Crippen LogP contribution is -2.42. The van der Waals surface area contributed by atoms with Crippen LogP contribution < -0.4 is 5.32 Å². The van der Waals surface area contributed by atoms with E-state index in [1.807, 2.05) is 30.3 Å². The van der Waals surface area contributed by atoms with Gasteiger partial charge in [0.2, 0.25) is 0 Å². The van der Waals surface area contributed by atoms with Gasteiger partial charge in [0.15, 0.2) is 5.60 Å². The van der Waals surface area contributed by atoms with E-state index < -0.39 is 5.60 Å². The van der Waals surface area contributed by atoms with Crippen molar-refractivity contribution in [3.8, 4) is 11.3 Å². The van der Waals surface area contributed by atoms with Crippen LogP contribution in [0.25, 0.3) is 11.3 Å². The highest BCUT2D eigenvalue weighted by molar-refractivity contribution is 7.99. The van der Waals surface area contributed by atoms with E-state index in [9.17, 15) is 9.90 Å². The fourth-order valence-corrected chi connectivity index (χ4v) is 3.37. The van der Waals surface area contributed by atoms with Crippen molar-refractivity contribution in [3.05, 3.63) is 36.5 Å². The summed E-state index contributed by atoms with van der Waals surface area (Å²) in [5.74, 6) is 0.963. The predicted octanol–water partition coefficient (Wildman–Crippen LogP) is 1.88. The van der Waals surface area contributed by atoms with E-state index >= 15 is 0 Å². The Bertz CT molecular complexity index is 589. The second kappa shape index (κ2) is 5.30. The highest BCUT2D eigenvalue weighted by Gasteiger charge is 2.39. The van der Waals surface area contributed by atoms with Crippen molar-refractivity contribution in [2.75, 3.05) is 16.8 Å². The second-order valence-electron chi connectivity index (χ2n) is 4.84. The van der Waals surface area contributed by atoms with Gasteiger partial charge in [0, 0.05) is 17.6 Å². The molecular formula is C14H15N3O2S. The van der Waals surface area contributed by atoms with E-state index in [-0.39, 0.29) is 5.91 Å². The van der Waals surface area contributed by atoms with Gasteiger partial charge in [-0.15, -0.1) is 0 Å². The fourth-order valence-electron chi connectivity index (χ4n) is 2.13. The topological polar surface area (TPSA) is 78.0 Å². The van der Waals surface area contributed by atoms with Crippen molar-refractivity contribution in [3.63, 3.8) is 0 Å². The van der Waals surface area contributed by atoms with E-state index in [4.69, 9.17) is 0 Å². The Balaban J connectivity index is 1.71. The van der Waals surface area contributed by atoms with E-state index in [1.54, 1.807) is 18.0 Å². The number of hydrogen-bond acceptors (Lipinski definition) is 4. The lowest BCUT2D eigenvalue weighted by Gasteiger charge is -2.20. The van der Waals surface area contributed by atoms with Crippen LogP contribution in [0.1, 0.15) is 6.42 Å². The molecule has 1 amide bonds. The molecule has 20 heavy (non-hydrogen) atoms. The smallest absolute Gasteiger partial charge is 0.257 e. The normalized spacial score (nSPS) is 21.9. The largest absolute Gasteiger partial charge is 0.379 e. The molecule has 3 rings (SSSR count). The Morgan fingerprint density at radius 1 is 1.35 bits per heavy atom. The summed E-state index contributed by atoms with van der Waals surface area (Å²) in [5, 5.41) is 19.7. The lowest BCUT2D eigenvalue weighted by atomic mass is 10.0. The van der Waals surface area contributed by atoms with Gasteiger partial charge in [-0.3, -0.25) is 9.89 Å². The van der Waals surface area contributed by atoms with Gasteiger partial charge in [-0.2, -0.15) is 16.9 Å². The molecule has 5 nitrogen and oxygen atoms in total. The van der Waals surface area contributed by atoms with Crippen molar-refractivity contribution in [1.29, 1.82) is 0 Å². The fraction of sp³-hybridized carbons (Fsp3) is 0.286. The quantitative estimate of drug-likeness (QED) is 0.806. The zero-order chi connectivity index (χ0) is 14.0. The van der Waals surface area contributed by atoms with E-state index in [0.29, 0.717) is 17.9 Å². The maximum absolute atomic E-state index is 12.1. The molecule has 1 saturated heterocycles. The molecule has 6 heteroatoms. The summed E-state index contributed by atoms with van der Waals surface area (Å²) < 4.78 is 0. The number of thioether (sulfide) groups is 1. The van der Waals surface area contributed by atoms with Crippen LogP contribution in [0.2, 0.25) is 0 Å². The minimum atomic E-state index is -1.23. The first kappa shape index (κ1) is 13.2. The van der Waals surface area contributed by atoms with Gasteiger partial charge >= 0.3 is 0 Å². The SMILES string of the molecule is O=C(Nc1ccc(-c2ccn[nH]2)cc1)C1(O)CCSC1. The molecule has 0 spiro atoms. The molecule has 3 N–H and O–H groups in total. The van der Waals surface area contributed by atoms with Crippen LogP contribution in [-0.2, 0) is 4.79 Å². The van der Waals surface area contributed by atoms with E-state index in [0.717, 1.165) is 17.0 Å². The Kier molecular flexibility index (Phi) is 3.50. The number of nitrogens with one attached hydrogen (secondary N) is 2. The summed E-state index contributed by atoms with van der Waals surface area (Å²) in [6, 6.07) is 9.32. The molecule has 0 aliphatic carbocycles. The number of hydrogen-bond donors (Lipinski definition) is 3. The molecule has 1 aliphatic rings. The van der Waals surface area contributed by atoms with E-state index in [1.165, 1.54) is 0 Å². The number of aromatic amines is 1. The first-order valence-electron chi connectivity index (χ1n) is 6.39. The third-order valence-corrected chi connectivity index (χ3v) is 4.55. The number of rotatable bonds is 3. The van der Waals surface area contributed by atoms with Crippen LogP contribution in [0.5, 0.6) is 0 Å². The zero-order valence-electron chi connectivity index (χ0n) is 10.8. The summed E-state index contributed by atoms with van der Waals surface area (Å²) in [7, 11) is 0. The molecule has 0 bridgehead atoms. The zero-order valence-corrected chi connectivity index (χ0v) is 11.6. The highest BCUT2D eigenvalue weighted by atomic mass is 32.2. The number of carbonyl (C=O) groups excluding carboxylic acids is 1. The maximum Gasteiger partial charge on any atom is 0.257 e. The maximum atomic E-state index is 12.1. The molecular weight excluding hydrogens is 274 g/mol. The van der Waals surface area contributed by atoms with Gasteiger partial charge in [-0.1, -0.05) is 12.1 Å². The van der Waals surface area contributed by atoms with Crippen LogP contribution in [0, 0.1) is 0 Å². The summed E-state index contributed by atoms with van der Waals surface area (Å²) in [4.78, 5) is 12.1. The van der Waals surface area contributed by atoms with Crippen molar-refractivity contribution < 1.29 is 9.90 Å². The number of benzene rings is 1. The molecule has 0 saturated carbocycles. The molecule has 0 radical (unpaired) electrons. The minimum Gasteiger partial charge on any atom is -0.379 e. The standard InChI is InChI=1S/C14H15N3O2S/c18-13(14(19)6-8-20-9-14)16-11-3-1-10(2-4-11)12-5-7-15-17-12/h1-5,7,19H,6,8-9H2,(H,15,17)(H,16,18). The molecule has 1 aromatic carbocycles. The van der Waals surface area contributed by atoms with Crippen LogP contribution in [-0.4, -0.2) is 38.3 Å². The Labute approximate surface area is 120 Å². The highest BCUT2D eigenvalue weighted by Crippen LogP contribution is 2.29. The van der Waals surface area contributed by atoms with Crippen LogP contribution in [0.15, 0.2) is 36.5 Å². The Hall–Kier alpha value is -1.79. The van der Waals surface area contributed by atoms with Crippen molar-refractivity contribution in [2.45, 2.75) is 12.0 Å². The first-order valence-corrected chi connectivity index (χ1v) is 7.54. The van der Waals surface area contributed by atoms with Gasteiger partial charge in [0.05, 0.1) is 5.69 Å². The number of aliphatic hydroxyl groups is 1. The first-order chi connectivity index (χ1) is 9.67. The lowest BCUT2D eigenvalue weighted by molar-refractivity contribution is -0.131.